The highest BCUT2D eigenvalue weighted by Gasteiger charge is 2.18. The Kier molecular flexibility index (Phi) is 8.63. The van der Waals surface area contributed by atoms with E-state index in [0.717, 1.165) is 50.5 Å². The predicted molar refractivity (Wildman–Crippen MR) is 81.6 cm³/mol. The molecule has 0 radical (unpaired) electrons. The molecule has 1 aliphatic carbocycles. The molecule has 0 saturated heterocycles. The van der Waals surface area contributed by atoms with Crippen molar-refractivity contribution in [1.82, 2.24) is 10.6 Å². The first-order valence-electron chi connectivity index (χ1n) is 7.77. The van der Waals surface area contributed by atoms with Crippen LogP contribution in [0.5, 0.6) is 0 Å². The summed E-state index contributed by atoms with van der Waals surface area (Å²) in [6.45, 7) is 8.06. The van der Waals surface area contributed by atoms with E-state index in [0.29, 0.717) is 0 Å². The first-order valence-corrected chi connectivity index (χ1v) is 7.77. The maximum atomic E-state index is 5.05. The SMILES string of the molecule is CCNC(=NCC1CCCC(C)C1)NCCCOC. The lowest BCUT2D eigenvalue weighted by atomic mass is 9.82. The van der Waals surface area contributed by atoms with Crippen LogP contribution in [0.2, 0.25) is 0 Å². The largest absolute Gasteiger partial charge is 0.385 e. The van der Waals surface area contributed by atoms with Crippen molar-refractivity contribution in [3.63, 3.8) is 0 Å². The zero-order valence-electron chi connectivity index (χ0n) is 12.9. The molecule has 0 aliphatic heterocycles. The minimum atomic E-state index is 0.776. The van der Waals surface area contributed by atoms with Gasteiger partial charge in [0.15, 0.2) is 5.96 Å². The molecule has 1 rings (SSSR count). The molecule has 0 heterocycles. The Morgan fingerprint density at radius 3 is 2.84 bits per heavy atom. The zero-order chi connectivity index (χ0) is 13.9. The molecular weight excluding hydrogens is 238 g/mol. The summed E-state index contributed by atoms with van der Waals surface area (Å²) < 4.78 is 5.05. The summed E-state index contributed by atoms with van der Waals surface area (Å²) in [5.41, 5.74) is 0. The third-order valence-electron chi connectivity index (χ3n) is 3.71. The molecule has 4 heteroatoms. The van der Waals surface area contributed by atoms with Crippen molar-refractivity contribution in [2.45, 2.75) is 46.0 Å². The van der Waals surface area contributed by atoms with Gasteiger partial charge >= 0.3 is 0 Å². The van der Waals surface area contributed by atoms with Crippen LogP contribution < -0.4 is 10.6 Å². The van der Waals surface area contributed by atoms with Gasteiger partial charge in [0, 0.05) is 33.4 Å². The van der Waals surface area contributed by atoms with Crippen LogP contribution in [0.1, 0.15) is 46.0 Å². The lowest BCUT2D eigenvalue weighted by Gasteiger charge is -2.25. The third-order valence-corrected chi connectivity index (χ3v) is 3.71. The van der Waals surface area contributed by atoms with Crippen molar-refractivity contribution in [2.24, 2.45) is 16.8 Å². The number of nitrogens with zero attached hydrogens (tertiary/aromatic N) is 1. The fourth-order valence-electron chi connectivity index (χ4n) is 2.71. The van der Waals surface area contributed by atoms with Crippen molar-refractivity contribution >= 4 is 5.96 Å². The number of guanidine groups is 1. The Labute approximate surface area is 118 Å². The summed E-state index contributed by atoms with van der Waals surface area (Å²) in [6.07, 6.45) is 6.47. The number of aliphatic imine (C=N–C) groups is 1. The van der Waals surface area contributed by atoms with Crippen LogP contribution >= 0.6 is 0 Å². The van der Waals surface area contributed by atoms with E-state index in [1.165, 1.54) is 25.7 Å². The molecule has 112 valence electrons. The number of hydrogen-bond donors (Lipinski definition) is 2. The number of hydrogen-bond acceptors (Lipinski definition) is 2. The number of ether oxygens (including phenoxy) is 1. The summed E-state index contributed by atoms with van der Waals surface area (Å²) in [4.78, 5) is 4.72. The van der Waals surface area contributed by atoms with Gasteiger partial charge in [-0.05, 0) is 38.0 Å². The van der Waals surface area contributed by atoms with Gasteiger partial charge in [0.25, 0.3) is 0 Å². The second-order valence-electron chi connectivity index (χ2n) is 5.63. The molecule has 2 unspecified atom stereocenters. The molecule has 0 aromatic rings. The van der Waals surface area contributed by atoms with Gasteiger partial charge in [0.1, 0.15) is 0 Å². The van der Waals surface area contributed by atoms with Crippen molar-refractivity contribution in [3.8, 4) is 0 Å². The molecule has 2 atom stereocenters. The van der Waals surface area contributed by atoms with Crippen LogP contribution in [0.25, 0.3) is 0 Å². The highest BCUT2D eigenvalue weighted by molar-refractivity contribution is 5.79. The summed E-state index contributed by atoms with van der Waals surface area (Å²) in [6, 6.07) is 0. The molecule has 0 aromatic heterocycles. The molecule has 4 nitrogen and oxygen atoms in total. The molecule has 0 bridgehead atoms. The Balaban J connectivity index is 2.30. The first kappa shape index (κ1) is 16.3. The fraction of sp³-hybridized carbons (Fsp3) is 0.933. The van der Waals surface area contributed by atoms with Crippen LogP contribution in [0, 0.1) is 11.8 Å². The Bertz CT molecular complexity index is 256. The maximum Gasteiger partial charge on any atom is 0.191 e. The second kappa shape index (κ2) is 10.1. The van der Waals surface area contributed by atoms with Gasteiger partial charge in [0.05, 0.1) is 0 Å². The molecular formula is C15H31N3O. The van der Waals surface area contributed by atoms with Gasteiger partial charge < -0.3 is 15.4 Å². The van der Waals surface area contributed by atoms with Crippen LogP contribution in [-0.4, -0.2) is 39.3 Å². The van der Waals surface area contributed by atoms with Crippen molar-refractivity contribution in [3.05, 3.63) is 0 Å². The lowest BCUT2D eigenvalue weighted by molar-refractivity contribution is 0.195. The highest BCUT2D eigenvalue weighted by Crippen LogP contribution is 2.28. The standard InChI is InChI=1S/C15H31N3O/c1-4-16-15(17-9-6-10-19-3)18-12-14-8-5-7-13(2)11-14/h13-14H,4-12H2,1-3H3,(H2,16,17,18). The average Bonchev–Trinajstić information content (AvgIpc) is 2.41. The van der Waals surface area contributed by atoms with Gasteiger partial charge in [-0.15, -0.1) is 0 Å². The van der Waals surface area contributed by atoms with E-state index in [1.54, 1.807) is 7.11 Å². The van der Waals surface area contributed by atoms with E-state index in [1.807, 2.05) is 0 Å². The number of methoxy groups -OCH3 is 1. The number of rotatable bonds is 7. The van der Waals surface area contributed by atoms with E-state index in [2.05, 4.69) is 24.5 Å². The summed E-state index contributed by atoms with van der Waals surface area (Å²) in [7, 11) is 1.74. The molecule has 1 aliphatic rings. The van der Waals surface area contributed by atoms with Gasteiger partial charge in [-0.3, -0.25) is 4.99 Å². The minimum Gasteiger partial charge on any atom is -0.385 e. The quantitative estimate of drug-likeness (QED) is 0.424. The van der Waals surface area contributed by atoms with E-state index in [9.17, 15) is 0 Å². The molecule has 0 amide bonds. The topological polar surface area (TPSA) is 45.7 Å². The minimum absolute atomic E-state index is 0.776. The Morgan fingerprint density at radius 2 is 2.16 bits per heavy atom. The molecule has 19 heavy (non-hydrogen) atoms. The van der Waals surface area contributed by atoms with Gasteiger partial charge in [0.2, 0.25) is 0 Å². The van der Waals surface area contributed by atoms with Crippen molar-refractivity contribution < 1.29 is 4.74 Å². The lowest BCUT2D eigenvalue weighted by Crippen LogP contribution is -2.38. The van der Waals surface area contributed by atoms with Gasteiger partial charge in [-0.25, -0.2) is 0 Å². The van der Waals surface area contributed by atoms with E-state index in [4.69, 9.17) is 9.73 Å². The van der Waals surface area contributed by atoms with E-state index >= 15 is 0 Å². The Morgan fingerprint density at radius 1 is 1.32 bits per heavy atom. The average molecular weight is 269 g/mol. The van der Waals surface area contributed by atoms with E-state index < -0.39 is 0 Å². The van der Waals surface area contributed by atoms with Gasteiger partial charge in [-0.1, -0.05) is 19.8 Å². The Hall–Kier alpha value is -0.770. The predicted octanol–water partition coefficient (Wildman–Crippen LogP) is 2.40. The van der Waals surface area contributed by atoms with Crippen LogP contribution in [0.4, 0.5) is 0 Å². The normalized spacial score (nSPS) is 24.3. The highest BCUT2D eigenvalue weighted by atomic mass is 16.5. The fourth-order valence-corrected chi connectivity index (χ4v) is 2.71. The zero-order valence-corrected chi connectivity index (χ0v) is 12.9. The molecule has 0 spiro atoms. The smallest absolute Gasteiger partial charge is 0.191 e. The first-order chi connectivity index (χ1) is 9.26. The van der Waals surface area contributed by atoms with E-state index in [-0.39, 0.29) is 0 Å². The molecule has 2 N–H and O–H groups in total. The van der Waals surface area contributed by atoms with Crippen molar-refractivity contribution in [1.29, 1.82) is 0 Å². The third kappa shape index (κ3) is 7.41. The maximum absolute atomic E-state index is 5.05. The molecule has 0 aromatic carbocycles. The second-order valence-corrected chi connectivity index (χ2v) is 5.63. The summed E-state index contributed by atoms with van der Waals surface area (Å²) in [5, 5.41) is 6.67. The van der Waals surface area contributed by atoms with Crippen molar-refractivity contribution in [2.75, 3.05) is 33.4 Å². The molecule has 1 saturated carbocycles. The summed E-state index contributed by atoms with van der Waals surface area (Å²) in [5.74, 6) is 2.61. The van der Waals surface area contributed by atoms with Gasteiger partial charge in [-0.2, -0.15) is 0 Å². The van der Waals surface area contributed by atoms with Crippen LogP contribution in [-0.2, 0) is 4.74 Å². The number of nitrogens with one attached hydrogen (secondary N) is 2. The monoisotopic (exact) mass is 269 g/mol. The van der Waals surface area contributed by atoms with Crippen LogP contribution in [0.3, 0.4) is 0 Å². The summed E-state index contributed by atoms with van der Waals surface area (Å²) >= 11 is 0. The molecule has 1 fully saturated rings. The van der Waals surface area contributed by atoms with Crippen LogP contribution in [0.15, 0.2) is 4.99 Å².